The highest BCUT2D eigenvalue weighted by Crippen LogP contribution is 2.20. The first kappa shape index (κ1) is 16.3. The summed E-state index contributed by atoms with van der Waals surface area (Å²) in [6, 6.07) is 17.9. The number of hydrogen-bond donors (Lipinski definition) is 2. The van der Waals surface area contributed by atoms with E-state index >= 15 is 0 Å². The molecule has 0 amide bonds. The van der Waals surface area contributed by atoms with Crippen molar-refractivity contribution >= 4 is 17.0 Å². The fraction of sp³-hybridized carbons (Fsp3) is 0.316. The number of imidazole rings is 1. The predicted molar refractivity (Wildman–Crippen MR) is 96.5 cm³/mol. The summed E-state index contributed by atoms with van der Waals surface area (Å²) in [6.45, 7) is 3.68. The zero-order valence-electron chi connectivity index (χ0n) is 13.9. The van der Waals surface area contributed by atoms with Gasteiger partial charge in [-0.15, -0.1) is 0 Å². The second kappa shape index (κ2) is 7.84. The first-order valence-corrected chi connectivity index (χ1v) is 8.29. The second-order valence-electron chi connectivity index (χ2n) is 5.82. The van der Waals surface area contributed by atoms with E-state index in [0.29, 0.717) is 13.2 Å². The van der Waals surface area contributed by atoms with Crippen LogP contribution < -0.4 is 10.1 Å². The van der Waals surface area contributed by atoms with Crippen molar-refractivity contribution in [2.75, 3.05) is 18.5 Å². The lowest BCUT2D eigenvalue weighted by Crippen LogP contribution is -2.18. The van der Waals surface area contributed by atoms with E-state index in [9.17, 15) is 5.11 Å². The van der Waals surface area contributed by atoms with Gasteiger partial charge in [-0.05, 0) is 37.6 Å². The van der Waals surface area contributed by atoms with E-state index in [0.717, 1.165) is 35.7 Å². The Bertz CT molecular complexity index is 769. The molecule has 0 aliphatic carbocycles. The Labute approximate surface area is 141 Å². The van der Waals surface area contributed by atoms with Gasteiger partial charge in [0.1, 0.15) is 5.75 Å². The highest BCUT2D eigenvalue weighted by Gasteiger charge is 2.10. The van der Waals surface area contributed by atoms with Crippen molar-refractivity contribution in [3.05, 3.63) is 54.6 Å². The lowest BCUT2D eigenvalue weighted by atomic mass is 10.3. The minimum Gasteiger partial charge on any atom is -0.494 e. The van der Waals surface area contributed by atoms with E-state index in [1.54, 1.807) is 6.92 Å². The normalized spacial score (nSPS) is 12.2. The van der Waals surface area contributed by atoms with Gasteiger partial charge in [0, 0.05) is 13.1 Å². The molecule has 0 fully saturated rings. The van der Waals surface area contributed by atoms with Gasteiger partial charge in [-0.2, -0.15) is 0 Å². The Morgan fingerprint density at radius 3 is 2.67 bits per heavy atom. The van der Waals surface area contributed by atoms with Gasteiger partial charge in [-0.25, -0.2) is 4.98 Å². The highest BCUT2D eigenvalue weighted by atomic mass is 16.5. The molecule has 1 aromatic heterocycles. The molecule has 0 aliphatic rings. The zero-order chi connectivity index (χ0) is 16.8. The SMILES string of the molecule is CC(O)CNc1nc2ccccc2n1CCCOc1ccccc1. The number of anilines is 1. The van der Waals surface area contributed by atoms with Crippen LogP contribution in [0, 0.1) is 0 Å². The maximum atomic E-state index is 9.50. The zero-order valence-corrected chi connectivity index (χ0v) is 13.9. The van der Waals surface area contributed by atoms with Crippen LogP contribution in [0.25, 0.3) is 11.0 Å². The molecule has 0 radical (unpaired) electrons. The van der Waals surface area contributed by atoms with Crippen molar-refractivity contribution in [3.8, 4) is 5.75 Å². The number of rotatable bonds is 8. The first-order valence-electron chi connectivity index (χ1n) is 8.29. The topological polar surface area (TPSA) is 59.3 Å². The minimum absolute atomic E-state index is 0.417. The number of aliphatic hydroxyl groups is 1. The van der Waals surface area contributed by atoms with E-state index in [1.807, 2.05) is 48.5 Å². The summed E-state index contributed by atoms with van der Waals surface area (Å²) in [6.07, 6.45) is 0.457. The number of hydrogen-bond acceptors (Lipinski definition) is 4. The molecular formula is C19H23N3O2. The van der Waals surface area contributed by atoms with E-state index in [2.05, 4.69) is 20.9 Å². The highest BCUT2D eigenvalue weighted by molar-refractivity contribution is 5.78. The lowest BCUT2D eigenvalue weighted by molar-refractivity contribution is 0.208. The van der Waals surface area contributed by atoms with E-state index in [-0.39, 0.29) is 0 Å². The molecule has 2 aromatic carbocycles. The van der Waals surface area contributed by atoms with Gasteiger partial charge in [-0.3, -0.25) is 0 Å². The molecule has 3 rings (SSSR count). The summed E-state index contributed by atoms with van der Waals surface area (Å²) in [4.78, 5) is 4.62. The molecule has 1 unspecified atom stereocenters. The van der Waals surface area contributed by atoms with Crippen molar-refractivity contribution in [2.24, 2.45) is 0 Å². The van der Waals surface area contributed by atoms with Crippen LogP contribution in [0.2, 0.25) is 0 Å². The maximum Gasteiger partial charge on any atom is 0.203 e. The van der Waals surface area contributed by atoms with E-state index in [4.69, 9.17) is 4.74 Å². The molecule has 0 saturated heterocycles. The molecule has 126 valence electrons. The Hall–Kier alpha value is -2.53. The summed E-state index contributed by atoms with van der Waals surface area (Å²) >= 11 is 0. The largest absolute Gasteiger partial charge is 0.494 e. The number of benzene rings is 2. The molecule has 3 aromatic rings. The fourth-order valence-electron chi connectivity index (χ4n) is 2.61. The molecule has 0 aliphatic heterocycles. The Balaban J connectivity index is 1.66. The number of ether oxygens (including phenoxy) is 1. The number of fused-ring (bicyclic) bond motifs is 1. The monoisotopic (exact) mass is 325 g/mol. The van der Waals surface area contributed by atoms with Gasteiger partial charge in [-0.1, -0.05) is 30.3 Å². The van der Waals surface area contributed by atoms with E-state index < -0.39 is 6.10 Å². The number of para-hydroxylation sites is 3. The predicted octanol–water partition coefficient (Wildman–Crippen LogP) is 3.30. The first-order chi connectivity index (χ1) is 11.7. The number of aryl methyl sites for hydroxylation is 1. The number of nitrogens with one attached hydrogen (secondary N) is 1. The fourth-order valence-corrected chi connectivity index (χ4v) is 2.61. The molecule has 5 nitrogen and oxygen atoms in total. The van der Waals surface area contributed by atoms with Crippen molar-refractivity contribution in [2.45, 2.75) is 26.0 Å². The molecule has 5 heteroatoms. The molecule has 0 saturated carbocycles. The van der Waals surface area contributed by atoms with Crippen LogP contribution in [0.15, 0.2) is 54.6 Å². The molecule has 1 heterocycles. The molecule has 0 spiro atoms. The van der Waals surface area contributed by atoms with Crippen molar-refractivity contribution in [1.29, 1.82) is 0 Å². The molecule has 1 atom stereocenters. The molecule has 0 bridgehead atoms. The van der Waals surface area contributed by atoms with E-state index in [1.165, 1.54) is 0 Å². The Morgan fingerprint density at radius 2 is 1.88 bits per heavy atom. The third-order valence-corrected chi connectivity index (χ3v) is 3.75. The van der Waals surface area contributed by atoms with Gasteiger partial charge < -0.3 is 19.7 Å². The van der Waals surface area contributed by atoms with Crippen molar-refractivity contribution < 1.29 is 9.84 Å². The lowest BCUT2D eigenvalue weighted by Gasteiger charge is -2.12. The van der Waals surface area contributed by atoms with Gasteiger partial charge in [0.05, 0.1) is 23.7 Å². The van der Waals surface area contributed by atoms with Crippen LogP contribution in [0.3, 0.4) is 0 Å². The molecule has 24 heavy (non-hydrogen) atoms. The Morgan fingerprint density at radius 1 is 1.12 bits per heavy atom. The van der Waals surface area contributed by atoms with Crippen molar-refractivity contribution in [3.63, 3.8) is 0 Å². The number of aliphatic hydroxyl groups excluding tert-OH is 1. The average molecular weight is 325 g/mol. The van der Waals surface area contributed by atoms with Gasteiger partial charge in [0.15, 0.2) is 0 Å². The third kappa shape index (κ3) is 4.06. The van der Waals surface area contributed by atoms with Crippen LogP contribution >= 0.6 is 0 Å². The van der Waals surface area contributed by atoms with Gasteiger partial charge >= 0.3 is 0 Å². The minimum atomic E-state index is -0.417. The summed E-state index contributed by atoms with van der Waals surface area (Å²) in [5.41, 5.74) is 2.04. The van der Waals surface area contributed by atoms with Gasteiger partial charge in [0.2, 0.25) is 5.95 Å². The smallest absolute Gasteiger partial charge is 0.203 e. The standard InChI is InChI=1S/C19H23N3O2/c1-15(23)14-20-19-21-17-10-5-6-11-18(17)22(19)12-7-13-24-16-8-3-2-4-9-16/h2-6,8-11,15,23H,7,12-14H2,1H3,(H,20,21). The van der Waals surface area contributed by atoms with Crippen LogP contribution in [0.4, 0.5) is 5.95 Å². The number of aromatic nitrogens is 2. The number of nitrogens with zero attached hydrogens (tertiary/aromatic N) is 2. The quantitative estimate of drug-likeness (QED) is 0.624. The maximum absolute atomic E-state index is 9.50. The molecule has 2 N–H and O–H groups in total. The summed E-state index contributed by atoms with van der Waals surface area (Å²) in [7, 11) is 0. The van der Waals surface area contributed by atoms with Crippen molar-refractivity contribution in [1.82, 2.24) is 9.55 Å². The average Bonchev–Trinajstić information content (AvgIpc) is 2.95. The van der Waals surface area contributed by atoms with Crippen LogP contribution in [-0.2, 0) is 6.54 Å². The summed E-state index contributed by atoms with van der Waals surface area (Å²) in [5.74, 6) is 1.68. The third-order valence-electron chi connectivity index (χ3n) is 3.75. The van der Waals surface area contributed by atoms with Crippen LogP contribution in [0.5, 0.6) is 5.75 Å². The van der Waals surface area contributed by atoms with Gasteiger partial charge in [0.25, 0.3) is 0 Å². The van der Waals surface area contributed by atoms with Crippen LogP contribution in [-0.4, -0.2) is 33.9 Å². The summed E-state index contributed by atoms with van der Waals surface area (Å²) < 4.78 is 7.91. The Kier molecular flexibility index (Phi) is 5.33. The summed E-state index contributed by atoms with van der Waals surface area (Å²) in [5, 5.41) is 12.7. The second-order valence-corrected chi connectivity index (χ2v) is 5.82. The van der Waals surface area contributed by atoms with Crippen LogP contribution in [0.1, 0.15) is 13.3 Å². The molecular weight excluding hydrogens is 302 g/mol.